The Balaban J connectivity index is 4.01. The predicted molar refractivity (Wildman–Crippen MR) is 64.1 cm³/mol. The molecule has 0 fully saturated rings. The molecule has 0 saturated carbocycles. The topological polar surface area (TPSA) is 105 Å². The highest BCUT2D eigenvalue weighted by molar-refractivity contribution is 5.81. The van der Waals surface area contributed by atoms with Crippen molar-refractivity contribution in [1.29, 1.82) is 0 Å². The van der Waals surface area contributed by atoms with Gasteiger partial charge in [0.1, 0.15) is 6.54 Å². The summed E-state index contributed by atoms with van der Waals surface area (Å²) in [6.07, 6.45) is 1.19. The second-order valence-electron chi connectivity index (χ2n) is 3.72. The summed E-state index contributed by atoms with van der Waals surface area (Å²) in [5.74, 6) is -1.50. The van der Waals surface area contributed by atoms with Crippen LogP contribution in [0.5, 0.6) is 0 Å². The fourth-order valence-electron chi connectivity index (χ4n) is 1.39. The van der Waals surface area contributed by atoms with Crippen molar-refractivity contribution < 1.29 is 24.2 Å². The van der Waals surface area contributed by atoms with E-state index in [9.17, 15) is 14.4 Å². The van der Waals surface area contributed by atoms with Gasteiger partial charge in [-0.15, -0.1) is 0 Å². The standard InChI is InChI=1S/C11H20N2O5/c1-3-5-8(6-9(14)15)13-11(17)12-7-10(16)18-4-2/h8H,3-7H2,1-2H3,(H,14,15)(H2,12,13,17). The third-order valence-electron chi connectivity index (χ3n) is 2.09. The summed E-state index contributed by atoms with van der Waals surface area (Å²) in [7, 11) is 0. The van der Waals surface area contributed by atoms with Crippen molar-refractivity contribution in [3.8, 4) is 0 Å². The molecule has 0 aliphatic heterocycles. The number of amides is 2. The minimum atomic E-state index is -0.973. The van der Waals surface area contributed by atoms with Crippen molar-refractivity contribution in [3.63, 3.8) is 0 Å². The fraction of sp³-hybridized carbons (Fsp3) is 0.727. The van der Waals surface area contributed by atoms with Gasteiger partial charge < -0.3 is 20.5 Å². The number of hydrogen-bond acceptors (Lipinski definition) is 4. The summed E-state index contributed by atoms with van der Waals surface area (Å²) in [6, 6.07) is -1.00. The van der Waals surface area contributed by atoms with Gasteiger partial charge in [0.2, 0.25) is 0 Å². The van der Waals surface area contributed by atoms with Gasteiger partial charge in [-0.05, 0) is 13.3 Å². The molecule has 3 N–H and O–H groups in total. The van der Waals surface area contributed by atoms with E-state index in [1.807, 2.05) is 6.92 Å². The number of rotatable bonds is 8. The number of carbonyl (C=O) groups excluding carboxylic acids is 2. The Morgan fingerprint density at radius 1 is 1.28 bits per heavy atom. The second-order valence-corrected chi connectivity index (χ2v) is 3.72. The number of aliphatic carboxylic acids is 1. The lowest BCUT2D eigenvalue weighted by Crippen LogP contribution is -2.44. The van der Waals surface area contributed by atoms with E-state index in [1.54, 1.807) is 6.92 Å². The molecular formula is C11H20N2O5. The van der Waals surface area contributed by atoms with Gasteiger partial charge in [0.25, 0.3) is 0 Å². The van der Waals surface area contributed by atoms with Gasteiger partial charge in [0.05, 0.1) is 13.0 Å². The lowest BCUT2D eigenvalue weighted by Gasteiger charge is -2.16. The van der Waals surface area contributed by atoms with Crippen molar-refractivity contribution in [2.24, 2.45) is 0 Å². The normalized spacial score (nSPS) is 11.4. The van der Waals surface area contributed by atoms with Crippen LogP contribution in [-0.2, 0) is 14.3 Å². The molecule has 104 valence electrons. The molecule has 0 spiro atoms. The third kappa shape index (κ3) is 8.37. The average molecular weight is 260 g/mol. The van der Waals surface area contributed by atoms with Gasteiger partial charge in [-0.3, -0.25) is 9.59 Å². The van der Waals surface area contributed by atoms with E-state index in [4.69, 9.17) is 5.11 Å². The molecule has 0 aromatic rings. The maximum absolute atomic E-state index is 11.4. The number of esters is 1. The molecule has 0 saturated heterocycles. The van der Waals surface area contributed by atoms with Crippen molar-refractivity contribution in [2.45, 2.75) is 39.2 Å². The van der Waals surface area contributed by atoms with Gasteiger partial charge in [0.15, 0.2) is 0 Å². The molecule has 0 aromatic heterocycles. The summed E-state index contributed by atoms with van der Waals surface area (Å²) in [5.41, 5.74) is 0. The fourth-order valence-corrected chi connectivity index (χ4v) is 1.39. The summed E-state index contributed by atoms with van der Waals surface area (Å²) >= 11 is 0. The van der Waals surface area contributed by atoms with Crippen LogP contribution >= 0.6 is 0 Å². The third-order valence-corrected chi connectivity index (χ3v) is 2.09. The number of carboxylic acids is 1. The maximum Gasteiger partial charge on any atom is 0.325 e. The van der Waals surface area contributed by atoms with Crippen LogP contribution in [0.2, 0.25) is 0 Å². The number of ether oxygens (including phenoxy) is 1. The molecular weight excluding hydrogens is 240 g/mol. The van der Waals surface area contributed by atoms with E-state index < -0.39 is 24.0 Å². The number of carbonyl (C=O) groups is 3. The van der Waals surface area contributed by atoms with Crippen LogP contribution in [0.25, 0.3) is 0 Å². The highest BCUT2D eigenvalue weighted by Gasteiger charge is 2.15. The molecule has 0 bridgehead atoms. The van der Waals surface area contributed by atoms with Gasteiger partial charge in [-0.1, -0.05) is 13.3 Å². The second kappa shape index (κ2) is 9.26. The molecule has 18 heavy (non-hydrogen) atoms. The average Bonchev–Trinajstić information content (AvgIpc) is 2.26. The zero-order chi connectivity index (χ0) is 14.0. The van der Waals surface area contributed by atoms with Crippen molar-refractivity contribution in [1.82, 2.24) is 10.6 Å². The quantitative estimate of drug-likeness (QED) is 0.551. The Morgan fingerprint density at radius 2 is 1.94 bits per heavy atom. The van der Waals surface area contributed by atoms with Crippen LogP contribution < -0.4 is 10.6 Å². The minimum absolute atomic E-state index is 0.138. The summed E-state index contributed by atoms with van der Waals surface area (Å²) in [5, 5.41) is 13.5. The summed E-state index contributed by atoms with van der Waals surface area (Å²) in [4.78, 5) is 32.9. The highest BCUT2D eigenvalue weighted by atomic mass is 16.5. The molecule has 1 unspecified atom stereocenters. The zero-order valence-corrected chi connectivity index (χ0v) is 10.7. The van der Waals surface area contributed by atoms with Gasteiger partial charge in [0, 0.05) is 6.04 Å². The molecule has 0 rings (SSSR count). The van der Waals surface area contributed by atoms with Crippen molar-refractivity contribution >= 4 is 18.0 Å². The molecule has 0 radical (unpaired) electrons. The zero-order valence-electron chi connectivity index (χ0n) is 10.7. The van der Waals surface area contributed by atoms with Crippen LogP contribution in [0.15, 0.2) is 0 Å². The van der Waals surface area contributed by atoms with Crippen LogP contribution in [0, 0.1) is 0 Å². The lowest BCUT2D eigenvalue weighted by atomic mass is 10.1. The van der Waals surface area contributed by atoms with E-state index in [0.29, 0.717) is 6.42 Å². The van der Waals surface area contributed by atoms with Crippen LogP contribution in [-0.4, -0.2) is 42.3 Å². The van der Waals surface area contributed by atoms with E-state index in [1.165, 1.54) is 0 Å². The van der Waals surface area contributed by atoms with Gasteiger partial charge in [-0.2, -0.15) is 0 Å². The molecule has 0 aliphatic carbocycles. The molecule has 0 aromatic carbocycles. The molecule has 0 heterocycles. The smallest absolute Gasteiger partial charge is 0.325 e. The first-order valence-corrected chi connectivity index (χ1v) is 5.91. The Kier molecular flexibility index (Phi) is 8.34. The SMILES string of the molecule is CCCC(CC(=O)O)NC(=O)NCC(=O)OCC. The van der Waals surface area contributed by atoms with Crippen molar-refractivity contribution in [3.05, 3.63) is 0 Å². The Labute approximate surface area is 106 Å². The summed E-state index contributed by atoms with van der Waals surface area (Å²) in [6.45, 7) is 3.58. The number of hydrogen-bond donors (Lipinski definition) is 3. The van der Waals surface area contributed by atoms with E-state index in [2.05, 4.69) is 15.4 Å². The van der Waals surface area contributed by atoms with E-state index in [-0.39, 0.29) is 19.6 Å². The first-order chi connectivity index (χ1) is 8.49. The molecule has 7 heteroatoms. The number of nitrogens with one attached hydrogen (secondary N) is 2. The molecule has 1 atom stereocenters. The van der Waals surface area contributed by atoms with Crippen LogP contribution in [0.4, 0.5) is 4.79 Å². The summed E-state index contributed by atoms with van der Waals surface area (Å²) < 4.78 is 4.63. The Bertz CT molecular complexity index is 293. The number of urea groups is 1. The largest absolute Gasteiger partial charge is 0.481 e. The van der Waals surface area contributed by atoms with Gasteiger partial charge >= 0.3 is 18.0 Å². The van der Waals surface area contributed by atoms with Gasteiger partial charge in [-0.25, -0.2) is 4.79 Å². The van der Waals surface area contributed by atoms with Crippen molar-refractivity contribution in [2.75, 3.05) is 13.2 Å². The first-order valence-electron chi connectivity index (χ1n) is 5.91. The molecule has 0 aliphatic rings. The Morgan fingerprint density at radius 3 is 2.44 bits per heavy atom. The van der Waals surface area contributed by atoms with E-state index >= 15 is 0 Å². The maximum atomic E-state index is 11.4. The first kappa shape index (κ1) is 16.2. The lowest BCUT2D eigenvalue weighted by molar-refractivity contribution is -0.142. The van der Waals surface area contributed by atoms with Crippen LogP contribution in [0.3, 0.4) is 0 Å². The Hall–Kier alpha value is -1.79. The molecule has 7 nitrogen and oxygen atoms in total. The highest BCUT2D eigenvalue weighted by Crippen LogP contribution is 2.01. The van der Waals surface area contributed by atoms with Crippen LogP contribution in [0.1, 0.15) is 33.1 Å². The number of carboxylic acid groups (broad SMARTS) is 1. The van der Waals surface area contributed by atoms with E-state index in [0.717, 1.165) is 6.42 Å². The molecule has 2 amide bonds. The monoisotopic (exact) mass is 260 g/mol. The predicted octanol–water partition coefficient (Wildman–Crippen LogP) is 0.492. The minimum Gasteiger partial charge on any atom is -0.481 e.